The third-order valence-corrected chi connectivity index (χ3v) is 14.7. The maximum atomic E-state index is 14.7. The summed E-state index contributed by atoms with van der Waals surface area (Å²) in [6.07, 6.45) is 9.95. The predicted molar refractivity (Wildman–Crippen MR) is 177 cm³/mol. The number of nitrogens with zero attached hydrogens (tertiary/aromatic N) is 1. The van der Waals surface area contributed by atoms with E-state index in [0.717, 1.165) is 51.4 Å². The monoisotopic (exact) mass is 632 g/mol. The first-order chi connectivity index (χ1) is 21.3. The number of ether oxygens (including phenoxy) is 1. The second-order valence-corrected chi connectivity index (χ2v) is 17.5. The van der Waals surface area contributed by atoms with Crippen molar-refractivity contribution in [3.05, 3.63) is 46.0 Å². The summed E-state index contributed by atoms with van der Waals surface area (Å²) in [7, 11) is 0. The van der Waals surface area contributed by atoms with Crippen LogP contribution in [0.1, 0.15) is 113 Å². The number of nitro groups is 1. The van der Waals surface area contributed by atoms with Gasteiger partial charge in [0.2, 0.25) is 5.91 Å². The number of hydrogen-bond donors (Lipinski definition) is 1. The van der Waals surface area contributed by atoms with E-state index in [1.807, 2.05) is 13.0 Å². The van der Waals surface area contributed by atoms with Crippen LogP contribution in [-0.4, -0.2) is 28.7 Å². The predicted octanol–water partition coefficient (Wildman–Crippen LogP) is 8.45. The summed E-state index contributed by atoms with van der Waals surface area (Å²) in [6.45, 7) is 17.5. The Hall–Kier alpha value is -3.03. The van der Waals surface area contributed by atoms with Crippen LogP contribution >= 0.6 is 0 Å². The van der Waals surface area contributed by atoms with E-state index in [-0.39, 0.29) is 74.3 Å². The largest absolute Gasteiger partial charge is 0.462 e. The lowest BCUT2D eigenvalue weighted by Gasteiger charge is -2.70. The lowest BCUT2D eigenvalue weighted by atomic mass is 9.33. The molecule has 5 aliphatic carbocycles. The van der Waals surface area contributed by atoms with E-state index in [0.29, 0.717) is 12.1 Å². The highest BCUT2D eigenvalue weighted by Crippen LogP contribution is 2.75. The summed E-state index contributed by atoms with van der Waals surface area (Å²) < 4.78 is 5.86. The SMILES string of the molecule is CC(=O)O[C@H]1CC[C@]2(C)[C@H](CC[C@]3(C)[C@@H]2C(=O)C=C2[C@H]4C[C@@](C)(C(=O)Nc5ccc([N+](=O)[O-])cc5)CC[C@]4(C)CC[C@@]23C)C1(C)C. The molecule has 1 amide bonds. The summed E-state index contributed by atoms with van der Waals surface area (Å²) in [5.41, 5.74) is 0.408. The Morgan fingerprint density at radius 2 is 1.57 bits per heavy atom. The number of non-ortho nitro benzene ring substituents is 1. The summed E-state index contributed by atoms with van der Waals surface area (Å²) >= 11 is 0. The van der Waals surface area contributed by atoms with E-state index < -0.39 is 10.3 Å². The molecule has 0 bridgehead atoms. The van der Waals surface area contributed by atoms with Gasteiger partial charge >= 0.3 is 5.97 Å². The zero-order valence-electron chi connectivity index (χ0n) is 29.0. The molecule has 4 fully saturated rings. The molecule has 8 heteroatoms. The number of carbonyl (C=O) groups is 3. The fourth-order valence-electron chi connectivity index (χ4n) is 11.7. The molecule has 8 nitrogen and oxygen atoms in total. The number of fused-ring (bicyclic) bond motifs is 7. The number of allylic oxidation sites excluding steroid dienone is 2. The highest BCUT2D eigenvalue weighted by molar-refractivity contribution is 5.97. The summed E-state index contributed by atoms with van der Waals surface area (Å²) in [5, 5.41) is 14.2. The van der Waals surface area contributed by atoms with Crippen molar-refractivity contribution in [2.75, 3.05) is 5.32 Å². The molecule has 1 N–H and O–H groups in total. The van der Waals surface area contributed by atoms with E-state index in [1.165, 1.54) is 24.6 Å². The number of anilines is 1. The van der Waals surface area contributed by atoms with Gasteiger partial charge in [-0.3, -0.25) is 24.5 Å². The van der Waals surface area contributed by atoms with Gasteiger partial charge in [0.25, 0.3) is 5.69 Å². The van der Waals surface area contributed by atoms with E-state index in [1.54, 1.807) is 12.1 Å². The number of rotatable bonds is 4. The first-order valence-electron chi connectivity index (χ1n) is 17.3. The van der Waals surface area contributed by atoms with Gasteiger partial charge in [0, 0.05) is 41.5 Å². The van der Waals surface area contributed by atoms with Crippen LogP contribution < -0.4 is 5.32 Å². The van der Waals surface area contributed by atoms with Crippen LogP contribution in [0.2, 0.25) is 0 Å². The summed E-state index contributed by atoms with van der Waals surface area (Å²) in [6, 6.07) is 6.00. The molecule has 4 saturated carbocycles. The zero-order chi connectivity index (χ0) is 33.7. The van der Waals surface area contributed by atoms with Crippen molar-refractivity contribution in [2.24, 2.45) is 50.2 Å². The van der Waals surface area contributed by atoms with Gasteiger partial charge in [0.1, 0.15) is 6.10 Å². The Kier molecular flexibility index (Phi) is 7.50. The lowest BCUT2D eigenvalue weighted by molar-refractivity contribution is -0.384. The number of nitro benzene ring substituents is 1. The van der Waals surface area contributed by atoms with Gasteiger partial charge < -0.3 is 10.1 Å². The minimum Gasteiger partial charge on any atom is -0.462 e. The number of benzene rings is 1. The highest BCUT2D eigenvalue weighted by atomic mass is 16.6. The Balaban J connectivity index is 1.32. The molecule has 9 atom stereocenters. The number of nitrogens with one attached hydrogen (secondary N) is 1. The summed E-state index contributed by atoms with van der Waals surface area (Å²) in [5.74, 6) is 0.236. The zero-order valence-corrected chi connectivity index (χ0v) is 29.0. The van der Waals surface area contributed by atoms with Crippen molar-refractivity contribution in [2.45, 2.75) is 119 Å². The minimum absolute atomic E-state index is 0.0104. The quantitative estimate of drug-likeness (QED) is 0.202. The number of hydrogen-bond acceptors (Lipinski definition) is 6. The Bertz CT molecular complexity index is 1520. The van der Waals surface area contributed by atoms with E-state index in [4.69, 9.17) is 4.74 Å². The van der Waals surface area contributed by atoms with Gasteiger partial charge in [0.15, 0.2) is 5.78 Å². The molecule has 1 aromatic rings. The second-order valence-electron chi connectivity index (χ2n) is 17.5. The molecule has 0 heterocycles. The molecule has 0 spiro atoms. The van der Waals surface area contributed by atoms with Crippen LogP contribution in [0.5, 0.6) is 0 Å². The molecule has 5 aliphatic rings. The maximum absolute atomic E-state index is 14.7. The smallest absolute Gasteiger partial charge is 0.302 e. The normalized spacial score (nSPS) is 42.7. The Labute approximate surface area is 273 Å². The molecule has 0 saturated heterocycles. The molecule has 6 rings (SSSR count). The minimum atomic E-state index is -0.630. The van der Waals surface area contributed by atoms with E-state index in [9.17, 15) is 24.5 Å². The van der Waals surface area contributed by atoms with Crippen molar-refractivity contribution in [1.29, 1.82) is 0 Å². The van der Waals surface area contributed by atoms with Crippen LogP contribution in [0.4, 0.5) is 11.4 Å². The van der Waals surface area contributed by atoms with Crippen LogP contribution in [0.25, 0.3) is 0 Å². The van der Waals surface area contributed by atoms with Crippen molar-refractivity contribution < 1.29 is 24.0 Å². The standard InChI is InChI=1S/C38H52N2O6/c1-23(41)46-30-14-15-36(6)29(33(30,2)3)13-16-38(8)31(36)28(42)21-26-27-22-35(5,18-17-34(27,4)19-20-37(26,38)7)32(43)39-24-9-11-25(12-10-24)40(44)45/h9-12,21,27,29-31H,13-20,22H2,1-8H3,(H,39,43)/t27-,29-,30+,31-,34-,35+,36-,37+,38-/m1/s1. The summed E-state index contributed by atoms with van der Waals surface area (Å²) in [4.78, 5) is 51.2. The van der Waals surface area contributed by atoms with Gasteiger partial charge in [-0.1, -0.05) is 54.0 Å². The van der Waals surface area contributed by atoms with Gasteiger partial charge in [-0.15, -0.1) is 0 Å². The van der Waals surface area contributed by atoms with Crippen LogP contribution in [-0.2, 0) is 19.1 Å². The molecular weight excluding hydrogens is 580 g/mol. The molecule has 0 radical (unpaired) electrons. The third kappa shape index (κ3) is 4.62. The van der Waals surface area contributed by atoms with Crippen molar-refractivity contribution in [3.8, 4) is 0 Å². The molecule has 250 valence electrons. The maximum Gasteiger partial charge on any atom is 0.302 e. The Morgan fingerprint density at radius 1 is 0.913 bits per heavy atom. The average Bonchev–Trinajstić information content (AvgIpc) is 2.96. The second kappa shape index (κ2) is 10.5. The first-order valence-corrected chi connectivity index (χ1v) is 17.3. The molecule has 46 heavy (non-hydrogen) atoms. The van der Waals surface area contributed by atoms with Crippen molar-refractivity contribution in [3.63, 3.8) is 0 Å². The van der Waals surface area contributed by atoms with Gasteiger partial charge in [0.05, 0.1) is 4.92 Å². The molecular formula is C38H52N2O6. The van der Waals surface area contributed by atoms with Crippen LogP contribution in [0, 0.1) is 60.4 Å². The fraction of sp³-hybridized carbons (Fsp3) is 0.711. The van der Waals surface area contributed by atoms with Crippen LogP contribution in [0.3, 0.4) is 0 Å². The van der Waals surface area contributed by atoms with Crippen LogP contribution in [0.15, 0.2) is 35.9 Å². The number of carbonyl (C=O) groups excluding carboxylic acids is 3. The lowest BCUT2D eigenvalue weighted by Crippen LogP contribution is -2.66. The first kappa shape index (κ1) is 32.9. The van der Waals surface area contributed by atoms with E-state index in [2.05, 4.69) is 46.9 Å². The molecule has 0 aliphatic heterocycles. The number of esters is 1. The highest BCUT2D eigenvalue weighted by Gasteiger charge is 2.70. The average molecular weight is 633 g/mol. The number of amides is 1. The van der Waals surface area contributed by atoms with Gasteiger partial charge in [-0.25, -0.2) is 0 Å². The molecule has 1 aromatic carbocycles. The molecule has 0 aromatic heterocycles. The van der Waals surface area contributed by atoms with Crippen molar-refractivity contribution in [1.82, 2.24) is 0 Å². The third-order valence-electron chi connectivity index (χ3n) is 14.7. The van der Waals surface area contributed by atoms with Gasteiger partial charge in [-0.05, 0) is 109 Å². The van der Waals surface area contributed by atoms with Crippen molar-refractivity contribution >= 4 is 29.0 Å². The topological polar surface area (TPSA) is 116 Å². The number of ketones is 1. The van der Waals surface area contributed by atoms with E-state index >= 15 is 0 Å². The van der Waals surface area contributed by atoms with Gasteiger partial charge in [-0.2, -0.15) is 0 Å². The fourth-order valence-corrected chi connectivity index (χ4v) is 11.7. The Morgan fingerprint density at radius 3 is 2.20 bits per heavy atom. The molecule has 0 unspecified atom stereocenters.